The zero-order valence-electron chi connectivity index (χ0n) is 14.7. The smallest absolute Gasteiger partial charge is 0.236 e. The molecule has 25 heavy (non-hydrogen) atoms. The van der Waals surface area contributed by atoms with Gasteiger partial charge in [0, 0.05) is 29.4 Å². The Labute approximate surface area is 157 Å². The lowest BCUT2D eigenvalue weighted by atomic mass is 10.0. The van der Waals surface area contributed by atoms with Gasteiger partial charge in [-0.2, -0.15) is 0 Å². The average molecular weight is 376 g/mol. The zero-order valence-corrected chi connectivity index (χ0v) is 16.3. The second-order valence-corrected chi connectivity index (χ2v) is 8.29. The Bertz CT molecular complexity index is 712. The summed E-state index contributed by atoms with van der Waals surface area (Å²) in [6.07, 6.45) is 3.16. The van der Waals surface area contributed by atoms with Crippen LogP contribution in [0.15, 0.2) is 40.6 Å². The van der Waals surface area contributed by atoms with Crippen LogP contribution in [-0.4, -0.2) is 36.2 Å². The molecule has 3 N–H and O–H groups in total. The first-order valence-corrected chi connectivity index (χ1v) is 10.7. The van der Waals surface area contributed by atoms with E-state index in [1.54, 1.807) is 18.7 Å². The summed E-state index contributed by atoms with van der Waals surface area (Å²) in [6.45, 7) is 4.24. The van der Waals surface area contributed by atoms with E-state index in [9.17, 15) is 4.79 Å². The first kappa shape index (κ1) is 18.5. The van der Waals surface area contributed by atoms with E-state index < -0.39 is 6.04 Å². The lowest BCUT2D eigenvalue weighted by molar-refractivity contribution is -0.122. The number of thioether (sulfide) groups is 1. The zero-order chi connectivity index (χ0) is 17.8. The minimum absolute atomic E-state index is 0.0982. The highest BCUT2D eigenvalue weighted by molar-refractivity contribution is 7.98. The van der Waals surface area contributed by atoms with Crippen LogP contribution < -0.4 is 11.1 Å². The number of nitrogens with two attached hydrogens (primary N) is 1. The Morgan fingerprint density at radius 3 is 2.80 bits per heavy atom. The standard InChI is InChI=1S/C19H25N3OS2/c1-13(20)19(23)21-11-17(14-3-5-16(24-2)6-4-14)22-9-7-18-15(12-22)8-10-25-18/h3-6,8,10,13,17H,7,9,11-12,20H2,1-2H3,(H,21,23)/t13-,17?/m1/s1. The number of nitrogens with one attached hydrogen (secondary N) is 1. The third-order valence-corrected chi connectivity index (χ3v) is 6.43. The molecule has 1 amide bonds. The highest BCUT2D eigenvalue weighted by atomic mass is 32.2. The summed E-state index contributed by atoms with van der Waals surface area (Å²) < 4.78 is 0. The van der Waals surface area contributed by atoms with Gasteiger partial charge in [-0.3, -0.25) is 9.69 Å². The van der Waals surface area contributed by atoms with Gasteiger partial charge in [0.25, 0.3) is 0 Å². The Morgan fingerprint density at radius 1 is 1.36 bits per heavy atom. The summed E-state index contributed by atoms with van der Waals surface area (Å²) in [5.41, 5.74) is 8.35. The van der Waals surface area contributed by atoms with Gasteiger partial charge in [-0.1, -0.05) is 12.1 Å². The van der Waals surface area contributed by atoms with Crippen molar-refractivity contribution in [2.75, 3.05) is 19.3 Å². The maximum atomic E-state index is 12.0. The molecule has 4 nitrogen and oxygen atoms in total. The van der Waals surface area contributed by atoms with E-state index in [0.29, 0.717) is 6.54 Å². The molecule has 0 aliphatic carbocycles. The van der Waals surface area contributed by atoms with Crippen LogP contribution in [0.1, 0.15) is 29.0 Å². The molecule has 1 aliphatic heterocycles. The van der Waals surface area contributed by atoms with Crippen LogP contribution in [0.4, 0.5) is 0 Å². The molecular formula is C19H25N3OS2. The van der Waals surface area contributed by atoms with E-state index in [1.165, 1.54) is 20.9 Å². The molecule has 0 spiro atoms. The van der Waals surface area contributed by atoms with Crippen LogP contribution >= 0.6 is 23.1 Å². The minimum Gasteiger partial charge on any atom is -0.353 e. The molecule has 2 atom stereocenters. The summed E-state index contributed by atoms with van der Waals surface area (Å²) >= 11 is 3.59. The summed E-state index contributed by atoms with van der Waals surface area (Å²) in [5, 5.41) is 5.19. The SMILES string of the molecule is CSc1ccc(C(CNC(=O)[C@@H](C)N)N2CCc3sccc3C2)cc1. The molecule has 1 aromatic heterocycles. The molecule has 0 saturated carbocycles. The first-order valence-electron chi connectivity index (χ1n) is 8.55. The largest absolute Gasteiger partial charge is 0.353 e. The number of carbonyl (C=O) groups excluding carboxylic acids is 1. The van der Waals surface area contributed by atoms with Crippen LogP contribution in [0.25, 0.3) is 0 Å². The molecule has 0 radical (unpaired) electrons. The van der Waals surface area contributed by atoms with Crippen LogP contribution in [0, 0.1) is 0 Å². The van der Waals surface area contributed by atoms with Gasteiger partial charge in [-0.15, -0.1) is 23.1 Å². The number of carbonyl (C=O) groups is 1. The van der Waals surface area contributed by atoms with Crippen molar-refractivity contribution in [2.24, 2.45) is 5.73 Å². The molecule has 1 aromatic carbocycles. The summed E-state index contributed by atoms with van der Waals surface area (Å²) in [6, 6.07) is 10.6. The van der Waals surface area contributed by atoms with Crippen LogP contribution in [0.2, 0.25) is 0 Å². The molecule has 1 unspecified atom stereocenters. The van der Waals surface area contributed by atoms with Gasteiger partial charge in [0.1, 0.15) is 0 Å². The number of amides is 1. The fourth-order valence-corrected chi connectivity index (χ4v) is 4.48. The fourth-order valence-electron chi connectivity index (χ4n) is 3.18. The monoisotopic (exact) mass is 375 g/mol. The van der Waals surface area contributed by atoms with Gasteiger partial charge in [0.2, 0.25) is 5.91 Å². The fraction of sp³-hybridized carbons (Fsp3) is 0.421. The molecule has 0 bridgehead atoms. The van der Waals surface area contributed by atoms with Crippen molar-refractivity contribution < 1.29 is 4.79 Å². The maximum absolute atomic E-state index is 12.0. The summed E-state index contributed by atoms with van der Waals surface area (Å²) in [4.78, 5) is 17.2. The minimum atomic E-state index is -0.482. The first-order chi connectivity index (χ1) is 12.1. The number of fused-ring (bicyclic) bond motifs is 1. The van der Waals surface area contributed by atoms with Crippen molar-refractivity contribution in [1.29, 1.82) is 0 Å². The van der Waals surface area contributed by atoms with Crippen LogP contribution in [-0.2, 0) is 17.8 Å². The lowest BCUT2D eigenvalue weighted by Crippen LogP contribution is -2.44. The average Bonchev–Trinajstić information content (AvgIpc) is 3.10. The normalized spacial score (nSPS) is 16.9. The van der Waals surface area contributed by atoms with Gasteiger partial charge in [0.15, 0.2) is 0 Å². The highest BCUT2D eigenvalue weighted by Crippen LogP contribution is 2.31. The van der Waals surface area contributed by atoms with Gasteiger partial charge < -0.3 is 11.1 Å². The topological polar surface area (TPSA) is 58.4 Å². The molecule has 3 rings (SSSR count). The van der Waals surface area contributed by atoms with Gasteiger partial charge in [0.05, 0.1) is 12.1 Å². The van der Waals surface area contributed by atoms with Gasteiger partial charge in [-0.05, 0) is 54.3 Å². The van der Waals surface area contributed by atoms with E-state index in [-0.39, 0.29) is 11.9 Å². The molecule has 1 aliphatic rings. The van der Waals surface area contributed by atoms with E-state index in [2.05, 4.69) is 52.2 Å². The number of rotatable bonds is 6. The summed E-state index contributed by atoms with van der Waals surface area (Å²) in [7, 11) is 0. The highest BCUT2D eigenvalue weighted by Gasteiger charge is 2.26. The van der Waals surface area contributed by atoms with Crippen molar-refractivity contribution >= 4 is 29.0 Å². The number of hydrogen-bond donors (Lipinski definition) is 2. The maximum Gasteiger partial charge on any atom is 0.236 e. The molecule has 0 saturated heterocycles. The Morgan fingerprint density at radius 2 is 2.12 bits per heavy atom. The Kier molecular flexibility index (Phi) is 6.17. The predicted octanol–water partition coefficient (Wildman–Crippen LogP) is 3.03. The van der Waals surface area contributed by atoms with E-state index in [0.717, 1.165) is 19.5 Å². The second kappa shape index (κ2) is 8.36. The number of thiophene rings is 1. The van der Waals surface area contributed by atoms with Crippen molar-refractivity contribution in [3.05, 3.63) is 51.7 Å². The molecule has 2 aromatic rings. The molecule has 6 heteroatoms. The number of hydrogen-bond acceptors (Lipinski definition) is 5. The molecular weight excluding hydrogens is 350 g/mol. The van der Waals surface area contributed by atoms with Crippen molar-refractivity contribution in [3.63, 3.8) is 0 Å². The van der Waals surface area contributed by atoms with Gasteiger partial charge in [-0.25, -0.2) is 0 Å². The lowest BCUT2D eigenvalue weighted by Gasteiger charge is -2.35. The Hall–Kier alpha value is -1.34. The van der Waals surface area contributed by atoms with E-state index in [1.807, 2.05) is 11.3 Å². The van der Waals surface area contributed by atoms with Crippen LogP contribution in [0.3, 0.4) is 0 Å². The van der Waals surface area contributed by atoms with Crippen molar-refractivity contribution in [1.82, 2.24) is 10.2 Å². The third kappa shape index (κ3) is 4.44. The Balaban J connectivity index is 1.79. The second-order valence-electron chi connectivity index (χ2n) is 6.41. The summed E-state index contributed by atoms with van der Waals surface area (Å²) in [5.74, 6) is -0.0982. The van der Waals surface area contributed by atoms with E-state index in [4.69, 9.17) is 5.73 Å². The van der Waals surface area contributed by atoms with Crippen molar-refractivity contribution in [3.8, 4) is 0 Å². The number of benzene rings is 1. The van der Waals surface area contributed by atoms with Crippen molar-refractivity contribution in [2.45, 2.75) is 36.9 Å². The van der Waals surface area contributed by atoms with E-state index >= 15 is 0 Å². The molecule has 2 heterocycles. The predicted molar refractivity (Wildman–Crippen MR) is 106 cm³/mol. The van der Waals surface area contributed by atoms with Gasteiger partial charge >= 0.3 is 0 Å². The quantitative estimate of drug-likeness (QED) is 0.762. The molecule has 0 fully saturated rings. The molecule has 134 valence electrons. The third-order valence-electron chi connectivity index (χ3n) is 4.66. The number of nitrogens with zero attached hydrogens (tertiary/aromatic N) is 1. The van der Waals surface area contributed by atoms with Crippen LogP contribution in [0.5, 0.6) is 0 Å².